The maximum atomic E-state index is 6.59. The lowest BCUT2D eigenvalue weighted by atomic mass is 9.55. The number of para-hydroxylation sites is 6. The van der Waals surface area contributed by atoms with Gasteiger partial charge in [0.25, 0.3) is 0 Å². The van der Waals surface area contributed by atoms with Crippen molar-refractivity contribution in [1.29, 1.82) is 0 Å². The standard InChI is InChI=1S/C45H35N3O.C42H33NOS.C42H33NO/c1-44(2)35-25-26-38-40(34-17-11-12-18-37(34)49-38)39(35)33-24-23-32(27-36(33)45(44,3)4)28-19-21-31(22-20-28)43-47-41(29-13-7-5-8-14-29)46-42(48-43)30-15-9-6-10-16-30;1-41(2)33-21-22-36-40(31-15-8-10-16-35(31)44-36)39(33)30-20-18-28(25-34(30)42(41,3)4)43(26-12-6-5-7-13-26)27-19-23-38-32(24-27)29-14-9-11-17-37(29)45-38;1-41(2)34-24-23-32-31-13-7-10-16-38(31)44-40(32)39(34)33-22-19-27(25-35(33)42(41,3)4)26-17-20-28(21-18-26)43-36-14-8-5-11-29(36)30-12-6-9-15-37(30)43/h5-27H,1-4H3;5-25H,1-4H3;5-25H,1-4H3. The Bertz CT molecular complexity index is 8960. The fraction of sp³-hybridized carbons (Fsp3) is 0.140. The number of hydrogen-bond acceptors (Lipinski definition) is 8. The molecule has 0 unspecified atom stereocenters. The van der Waals surface area contributed by atoms with Crippen molar-refractivity contribution in [2.45, 2.75) is 116 Å². The third kappa shape index (κ3) is 12.9. The second-order valence-electron chi connectivity index (χ2n) is 40.9. The number of anilines is 3. The van der Waals surface area contributed by atoms with Crippen LogP contribution in [-0.2, 0) is 32.5 Å². The minimum atomic E-state index is -0.131. The number of hydrogen-bond donors (Lipinski definition) is 0. The molecular formula is C129H101N5O3S. The van der Waals surface area contributed by atoms with E-state index in [0.29, 0.717) is 17.5 Å². The number of benzene rings is 18. The summed E-state index contributed by atoms with van der Waals surface area (Å²) >= 11 is 1.86. The van der Waals surface area contributed by atoms with Gasteiger partial charge in [-0.1, -0.05) is 362 Å². The van der Waals surface area contributed by atoms with Crippen molar-refractivity contribution < 1.29 is 13.3 Å². The minimum absolute atomic E-state index is 0.0893. The lowest BCUT2D eigenvalue weighted by Crippen LogP contribution is -2.43. The molecule has 666 valence electrons. The van der Waals surface area contributed by atoms with Gasteiger partial charge in [-0.2, -0.15) is 0 Å². The molecule has 0 fully saturated rings. The van der Waals surface area contributed by atoms with Gasteiger partial charge in [0.1, 0.15) is 33.5 Å². The van der Waals surface area contributed by atoms with E-state index < -0.39 is 0 Å². The highest BCUT2D eigenvalue weighted by molar-refractivity contribution is 7.25. The zero-order valence-corrected chi connectivity index (χ0v) is 80.2. The molecule has 0 radical (unpaired) electrons. The van der Waals surface area contributed by atoms with Crippen LogP contribution in [0.5, 0.6) is 0 Å². The van der Waals surface area contributed by atoms with Crippen LogP contribution >= 0.6 is 11.3 Å². The molecule has 6 heterocycles. The van der Waals surface area contributed by atoms with Crippen molar-refractivity contribution >= 4 is 136 Å². The Hall–Kier alpha value is -15.8. The lowest BCUT2D eigenvalue weighted by molar-refractivity contribution is 0.299. The second-order valence-corrected chi connectivity index (χ2v) is 41.9. The maximum absolute atomic E-state index is 6.59. The molecule has 0 spiro atoms. The average Bonchev–Trinajstić information content (AvgIpc) is 1.58. The van der Waals surface area contributed by atoms with Gasteiger partial charge in [-0.15, -0.1) is 11.3 Å². The Kier molecular flexibility index (Phi) is 19.1. The summed E-state index contributed by atoms with van der Waals surface area (Å²) in [6, 6.07) is 142. The highest BCUT2D eigenvalue weighted by Gasteiger charge is 2.50. The van der Waals surface area contributed by atoms with E-state index in [1.165, 1.54) is 163 Å². The second kappa shape index (κ2) is 31.4. The molecule has 24 aromatic rings. The van der Waals surface area contributed by atoms with E-state index in [9.17, 15) is 0 Å². The molecule has 3 aliphatic carbocycles. The normalized spacial score (nSPS) is 14.9. The Morgan fingerprint density at radius 2 is 0.594 bits per heavy atom. The minimum Gasteiger partial charge on any atom is -0.456 e. The molecule has 27 rings (SSSR count). The van der Waals surface area contributed by atoms with Crippen molar-refractivity contribution in [2.75, 3.05) is 4.90 Å². The summed E-state index contributed by atoms with van der Waals surface area (Å²) in [5, 5.41) is 12.3. The Labute approximate surface area is 806 Å². The highest BCUT2D eigenvalue weighted by Crippen LogP contribution is 2.62. The molecule has 0 amide bonds. The van der Waals surface area contributed by atoms with E-state index in [-0.39, 0.29) is 32.5 Å². The third-order valence-corrected chi connectivity index (χ3v) is 33.5. The molecule has 0 saturated carbocycles. The van der Waals surface area contributed by atoms with E-state index in [4.69, 9.17) is 28.2 Å². The number of rotatable bonds is 9. The van der Waals surface area contributed by atoms with Crippen molar-refractivity contribution in [3.63, 3.8) is 0 Å². The van der Waals surface area contributed by atoms with Gasteiger partial charge in [0.2, 0.25) is 0 Å². The summed E-state index contributed by atoms with van der Waals surface area (Å²) in [4.78, 5) is 17.1. The van der Waals surface area contributed by atoms with Gasteiger partial charge in [0, 0.05) is 108 Å². The number of aromatic nitrogens is 4. The molecule has 18 aromatic carbocycles. The van der Waals surface area contributed by atoms with Crippen LogP contribution in [0.1, 0.15) is 116 Å². The Morgan fingerprint density at radius 3 is 1.12 bits per heavy atom. The number of fused-ring (bicyclic) bond motifs is 27. The predicted octanol–water partition coefficient (Wildman–Crippen LogP) is 35.9. The smallest absolute Gasteiger partial charge is 0.164 e. The van der Waals surface area contributed by atoms with Crippen molar-refractivity contribution in [3.8, 4) is 95.5 Å². The van der Waals surface area contributed by atoms with Gasteiger partial charge in [0.05, 0.1) is 11.0 Å². The SMILES string of the molecule is CC1(C)c2cc(-c3ccc(-c4nc(-c5ccccc5)nc(-c5ccccc5)n4)cc3)ccc2-c2c(ccc3oc4ccccc4c23)C1(C)C.CC1(C)c2cc(-c3ccc(-n4c5ccccc5c5ccccc54)cc3)ccc2-c2c(ccc3c2oc2ccccc23)C1(C)C.CC1(C)c2cc(N(c3ccccc3)c3ccc4sc5ccccc5c4c3)ccc2-c2c(ccc3oc4ccccc4c23)C1(C)C. The van der Waals surface area contributed by atoms with Gasteiger partial charge in [0.15, 0.2) is 17.5 Å². The first-order valence-electron chi connectivity index (χ1n) is 48.1. The van der Waals surface area contributed by atoms with E-state index in [1.807, 2.05) is 78.1 Å². The van der Waals surface area contributed by atoms with Crippen LogP contribution in [0.25, 0.3) is 203 Å². The largest absolute Gasteiger partial charge is 0.456 e. The molecule has 0 saturated heterocycles. The molecule has 0 aliphatic heterocycles. The molecule has 8 nitrogen and oxygen atoms in total. The highest BCUT2D eigenvalue weighted by atomic mass is 32.1. The fourth-order valence-corrected chi connectivity index (χ4v) is 23.9. The summed E-state index contributed by atoms with van der Waals surface area (Å²) < 4.78 is 24.3. The first kappa shape index (κ1) is 84.0. The van der Waals surface area contributed by atoms with Crippen LogP contribution in [0.15, 0.2) is 408 Å². The van der Waals surface area contributed by atoms with Gasteiger partial charge < -0.3 is 22.7 Å². The van der Waals surface area contributed by atoms with Gasteiger partial charge >= 0.3 is 0 Å². The lowest BCUT2D eigenvalue weighted by Gasteiger charge is -2.48. The summed E-state index contributed by atoms with van der Waals surface area (Å²) in [7, 11) is 0. The van der Waals surface area contributed by atoms with Crippen LogP contribution in [0, 0.1) is 0 Å². The van der Waals surface area contributed by atoms with E-state index in [0.717, 1.165) is 72.8 Å². The topological polar surface area (TPSA) is 86.3 Å². The quantitative estimate of drug-likeness (QED) is 0.142. The number of nitrogens with zero attached hydrogens (tertiary/aromatic N) is 5. The van der Waals surface area contributed by atoms with Gasteiger partial charge in [-0.05, 0) is 231 Å². The van der Waals surface area contributed by atoms with Gasteiger partial charge in [-0.3, -0.25) is 0 Å². The van der Waals surface area contributed by atoms with Crippen LogP contribution in [-0.4, -0.2) is 19.5 Å². The third-order valence-electron chi connectivity index (χ3n) is 32.3. The molecule has 138 heavy (non-hydrogen) atoms. The summed E-state index contributed by atoms with van der Waals surface area (Å²) in [6.45, 7) is 28.7. The zero-order valence-electron chi connectivity index (χ0n) is 79.4. The number of furan rings is 3. The fourth-order valence-electron chi connectivity index (χ4n) is 22.8. The van der Waals surface area contributed by atoms with E-state index in [1.54, 1.807) is 0 Å². The molecule has 0 bridgehead atoms. The first-order valence-corrected chi connectivity index (χ1v) is 48.9. The van der Waals surface area contributed by atoms with Crippen LogP contribution in [0.3, 0.4) is 0 Å². The monoisotopic (exact) mass is 1800 g/mol. The predicted molar refractivity (Wildman–Crippen MR) is 578 cm³/mol. The molecular weight excluding hydrogens is 1700 g/mol. The summed E-state index contributed by atoms with van der Waals surface area (Å²) in [5.41, 5.74) is 35.7. The van der Waals surface area contributed by atoms with Gasteiger partial charge in [-0.25, -0.2) is 15.0 Å². The molecule has 0 atom stereocenters. The first-order chi connectivity index (χ1) is 67.0. The molecule has 9 heteroatoms. The molecule has 0 N–H and O–H groups in total. The van der Waals surface area contributed by atoms with Crippen LogP contribution in [0.2, 0.25) is 0 Å². The summed E-state index contributed by atoms with van der Waals surface area (Å²) in [5.74, 6) is 1.97. The zero-order chi connectivity index (χ0) is 93.6. The van der Waals surface area contributed by atoms with E-state index >= 15 is 0 Å². The van der Waals surface area contributed by atoms with Crippen LogP contribution < -0.4 is 4.90 Å². The summed E-state index contributed by atoms with van der Waals surface area (Å²) in [6.07, 6.45) is 0. The average molecular weight is 1800 g/mol. The van der Waals surface area contributed by atoms with Crippen molar-refractivity contribution in [1.82, 2.24) is 19.5 Å². The maximum Gasteiger partial charge on any atom is 0.164 e. The number of thiophene rings is 1. The van der Waals surface area contributed by atoms with Crippen LogP contribution in [0.4, 0.5) is 17.1 Å². The van der Waals surface area contributed by atoms with Crippen molar-refractivity contribution in [2.24, 2.45) is 0 Å². The molecule has 3 aliphatic rings. The Balaban J connectivity index is 0.000000110. The Morgan fingerprint density at radius 1 is 0.232 bits per heavy atom. The van der Waals surface area contributed by atoms with Crippen molar-refractivity contribution in [3.05, 3.63) is 428 Å². The van der Waals surface area contributed by atoms with E-state index in [2.05, 4.69) is 420 Å². The molecule has 6 aromatic heterocycles.